The van der Waals surface area contributed by atoms with Crippen molar-refractivity contribution >= 4 is 18.4 Å². The van der Waals surface area contributed by atoms with Crippen LogP contribution in [0.2, 0.25) is 13.3 Å². The normalized spacial score (nSPS) is 11.2. The van der Waals surface area contributed by atoms with E-state index in [0.29, 0.717) is 0 Å². The summed E-state index contributed by atoms with van der Waals surface area (Å²) in [6.45, 7) is 9.29. The maximum absolute atomic E-state index is 3.96. The molecule has 0 amide bonds. The summed E-state index contributed by atoms with van der Waals surface area (Å²) >= 11 is -2.11. The Morgan fingerprint density at radius 1 is 0.600 bits per heavy atom. The van der Waals surface area contributed by atoms with Gasteiger partial charge in [-0.1, -0.05) is 0 Å². The van der Waals surface area contributed by atoms with Gasteiger partial charge in [0, 0.05) is 0 Å². The first-order valence-corrected chi connectivity index (χ1v) is 16.7. The molecule has 0 aliphatic rings. The molecule has 0 aliphatic heterocycles. The summed E-state index contributed by atoms with van der Waals surface area (Å²) < 4.78 is 8.56. The molecule has 0 atom stereocenters. The van der Waals surface area contributed by atoms with Gasteiger partial charge in [-0.15, -0.1) is 0 Å². The molecular formula is C19H38Sn. The molecule has 1 heteroatoms. The molecule has 0 N–H and O–H groups in total. The van der Waals surface area contributed by atoms with Crippen LogP contribution in [0.3, 0.4) is 0 Å². The van der Waals surface area contributed by atoms with Crippen molar-refractivity contribution in [3.05, 3.63) is 0 Å². The van der Waals surface area contributed by atoms with Crippen LogP contribution in [0, 0.1) is 9.86 Å². The third kappa shape index (κ3) is 10.1. The summed E-state index contributed by atoms with van der Waals surface area (Å²) in [5.74, 6) is 3.63. The molecule has 0 aliphatic carbocycles. The Labute approximate surface area is 133 Å². The molecule has 0 aromatic carbocycles. The molecule has 0 unspecified atom stereocenters. The second-order valence-electron chi connectivity index (χ2n) is 6.35. The van der Waals surface area contributed by atoms with Gasteiger partial charge in [0.25, 0.3) is 0 Å². The third-order valence-corrected chi connectivity index (χ3v) is 17.5. The fourth-order valence-electron chi connectivity index (χ4n) is 2.82. The first kappa shape index (κ1) is 20.4. The Kier molecular flexibility index (Phi) is 14.6. The Balaban J connectivity index is 4.64. The van der Waals surface area contributed by atoms with Crippen LogP contribution in [0.5, 0.6) is 0 Å². The molecule has 20 heavy (non-hydrogen) atoms. The average molecular weight is 385 g/mol. The van der Waals surface area contributed by atoms with Crippen LogP contribution in [-0.4, -0.2) is 18.4 Å². The monoisotopic (exact) mass is 386 g/mol. The van der Waals surface area contributed by atoms with Gasteiger partial charge in [0.15, 0.2) is 0 Å². The Morgan fingerprint density at radius 3 is 1.45 bits per heavy atom. The van der Waals surface area contributed by atoms with E-state index in [9.17, 15) is 0 Å². The fourth-order valence-corrected chi connectivity index (χ4v) is 16.3. The van der Waals surface area contributed by atoms with Crippen LogP contribution in [0.4, 0.5) is 0 Å². The second-order valence-corrected chi connectivity index (χ2v) is 18.7. The van der Waals surface area contributed by atoms with Crippen molar-refractivity contribution in [1.29, 1.82) is 0 Å². The summed E-state index contributed by atoms with van der Waals surface area (Å²) in [5, 5.41) is 0. The van der Waals surface area contributed by atoms with Gasteiger partial charge < -0.3 is 0 Å². The van der Waals surface area contributed by atoms with Crippen molar-refractivity contribution in [2.45, 2.75) is 105 Å². The standard InChI is InChI=1S/C7H11.3C4H9.Sn/c1-3-5-7-6-4-2;3*1-3-4-2;/h3,5-7H2,1H3;3*1,3-4H2,2H3;. The van der Waals surface area contributed by atoms with Crippen LogP contribution < -0.4 is 0 Å². The van der Waals surface area contributed by atoms with E-state index in [0.717, 1.165) is 6.42 Å². The van der Waals surface area contributed by atoms with E-state index in [1.807, 2.05) is 0 Å². The fraction of sp³-hybridized carbons (Fsp3) is 0.895. The van der Waals surface area contributed by atoms with Crippen molar-refractivity contribution in [1.82, 2.24) is 0 Å². The summed E-state index contributed by atoms with van der Waals surface area (Å²) in [4.78, 5) is 0. The van der Waals surface area contributed by atoms with E-state index in [1.165, 1.54) is 71.1 Å². The molecular weight excluding hydrogens is 347 g/mol. The molecule has 0 heterocycles. The zero-order valence-electron chi connectivity index (χ0n) is 14.7. The predicted molar refractivity (Wildman–Crippen MR) is 96.8 cm³/mol. The van der Waals surface area contributed by atoms with Gasteiger partial charge in [-0.25, -0.2) is 0 Å². The minimum absolute atomic E-state index is 1.16. The zero-order chi connectivity index (χ0) is 15.1. The first-order valence-electron chi connectivity index (χ1n) is 9.24. The number of hydrogen-bond acceptors (Lipinski definition) is 0. The minimum atomic E-state index is -2.11. The van der Waals surface area contributed by atoms with Crippen LogP contribution in [0.1, 0.15) is 91.9 Å². The maximum atomic E-state index is 3.96. The summed E-state index contributed by atoms with van der Waals surface area (Å²) in [6, 6.07) is 0. The SMILES string of the molecule is CCCCCC#[C][Sn]([CH2]CCC)([CH2]CCC)[CH2]CCC. The topological polar surface area (TPSA) is 0 Å². The average Bonchev–Trinajstić information content (AvgIpc) is 2.48. The molecule has 0 fully saturated rings. The van der Waals surface area contributed by atoms with Gasteiger partial charge in [-0.3, -0.25) is 0 Å². The summed E-state index contributed by atoms with van der Waals surface area (Å²) in [5.41, 5.74) is 0. The molecule has 0 aromatic heterocycles. The molecule has 118 valence electrons. The van der Waals surface area contributed by atoms with E-state index in [1.54, 1.807) is 0 Å². The number of unbranched alkanes of at least 4 members (excludes halogenated alkanes) is 6. The zero-order valence-corrected chi connectivity index (χ0v) is 17.5. The molecule has 0 rings (SSSR count). The van der Waals surface area contributed by atoms with Gasteiger partial charge >= 0.3 is 133 Å². The molecule has 0 saturated carbocycles. The first-order chi connectivity index (χ1) is 9.74. The molecule has 0 bridgehead atoms. The van der Waals surface area contributed by atoms with Crippen LogP contribution in [-0.2, 0) is 0 Å². The van der Waals surface area contributed by atoms with Crippen LogP contribution >= 0.6 is 0 Å². The van der Waals surface area contributed by atoms with Gasteiger partial charge in [-0.2, -0.15) is 0 Å². The van der Waals surface area contributed by atoms with E-state index >= 15 is 0 Å². The number of rotatable bonds is 12. The van der Waals surface area contributed by atoms with Crippen LogP contribution in [0.15, 0.2) is 0 Å². The number of hydrogen-bond donors (Lipinski definition) is 0. The molecule has 0 nitrogen and oxygen atoms in total. The molecule has 0 saturated heterocycles. The second kappa shape index (κ2) is 14.3. The quantitative estimate of drug-likeness (QED) is 0.194. The van der Waals surface area contributed by atoms with Crippen molar-refractivity contribution in [3.8, 4) is 9.86 Å². The molecule has 0 radical (unpaired) electrons. The van der Waals surface area contributed by atoms with Crippen molar-refractivity contribution in [2.75, 3.05) is 0 Å². The third-order valence-electron chi connectivity index (χ3n) is 4.29. The van der Waals surface area contributed by atoms with E-state index < -0.39 is 18.4 Å². The van der Waals surface area contributed by atoms with Crippen molar-refractivity contribution < 1.29 is 0 Å². The predicted octanol–water partition coefficient (Wildman–Crippen LogP) is 6.96. The van der Waals surface area contributed by atoms with Gasteiger partial charge in [0.05, 0.1) is 0 Å². The van der Waals surface area contributed by atoms with Crippen molar-refractivity contribution in [3.63, 3.8) is 0 Å². The Hall–Kier alpha value is 0.359. The Morgan fingerprint density at radius 2 is 1.05 bits per heavy atom. The van der Waals surface area contributed by atoms with E-state index in [4.69, 9.17) is 0 Å². The van der Waals surface area contributed by atoms with Gasteiger partial charge in [-0.05, 0) is 0 Å². The molecule has 0 aromatic rings. The van der Waals surface area contributed by atoms with Crippen molar-refractivity contribution in [2.24, 2.45) is 0 Å². The van der Waals surface area contributed by atoms with Crippen LogP contribution in [0.25, 0.3) is 0 Å². The van der Waals surface area contributed by atoms with E-state index in [-0.39, 0.29) is 0 Å². The molecule has 0 spiro atoms. The van der Waals surface area contributed by atoms with E-state index in [2.05, 4.69) is 37.6 Å². The van der Waals surface area contributed by atoms with Gasteiger partial charge in [0.1, 0.15) is 0 Å². The summed E-state index contributed by atoms with van der Waals surface area (Å²) in [6.07, 6.45) is 13.5. The summed E-state index contributed by atoms with van der Waals surface area (Å²) in [7, 11) is 0. The Bertz CT molecular complexity index is 237. The van der Waals surface area contributed by atoms with Gasteiger partial charge in [0.2, 0.25) is 0 Å².